The average Bonchev–Trinajstić information content (AvgIpc) is 2.14. The van der Waals surface area contributed by atoms with Crippen molar-refractivity contribution in [2.75, 3.05) is 0 Å². The third kappa shape index (κ3) is 6.69. The summed E-state index contributed by atoms with van der Waals surface area (Å²) in [6.45, 7) is 0. The van der Waals surface area contributed by atoms with Crippen molar-refractivity contribution >= 4 is 52.9 Å². The van der Waals surface area contributed by atoms with Gasteiger partial charge in [-0.2, -0.15) is 13.2 Å². The number of carboxylic acid groups (broad SMARTS) is 1. The van der Waals surface area contributed by atoms with E-state index in [0.717, 1.165) is 12.1 Å². The van der Waals surface area contributed by atoms with Gasteiger partial charge in [0.15, 0.2) is 31.0 Å². The van der Waals surface area contributed by atoms with Crippen molar-refractivity contribution in [3.05, 3.63) is 33.8 Å². The minimum atomic E-state index is -4.66. The molecule has 3 nitrogen and oxygen atoms in total. The molecular formula is C8H4BrCl2F3O3S. The number of alkyl halides is 3. The summed E-state index contributed by atoms with van der Waals surface area (Å²) in [5, 5.41) is 8.50. The zero-order valence-corrected chi connectivity index (χ0v) is 12.1. The van der Waals surface area contributed by atoms with Crippen LogP contribution in [-0.2, 0) is 15.8 Å². The molecule has 102 valence electrons. The SMILES string of the molecule is O=C(O)c1ccc(Br)cc1C(F)(F)F.[O-][S+](Cl)Cl. The van der Waals surface area contributed by atoms with Crippen molar-refractivity contribution in [1.29, 1.82) is 0 Å². The molecule has 0 spiro atoms. The number of halogens is 6. The van der Waals surface area contributed by atoms with Crippen LogP contribution in [0.4, 0.5) is 13.2 Å². The van der Waals surface area contributed by atoms with E-state index in [1.807, 2.05) is 0 Å². The second kappa shape index (κ2) is 7.44. The topological polar surface area (TPSA) is 60.4 Å². The third-order valence-corrected chi connectivity index (χ3v) is 2.01. The van der Waals surface area contributed by atoms with E-state index in [-0.39, 0.29) is 4.47 Å². The monoisotopic (exact) mass is 386 g/mol. The lowest BCUT2D eigenvalue weighted by molar-refractivity contribution is -0.138. The van der Waals surface area contributed by atoms with Crippen LogP contribution in [0.3, 0.4) is 0 Å². The van der Waals surface area contributed by atoms with E-state index in [1.54, 1.807) is 0 Å². The summed E-state index contributed by atoms with van der Waals surface area (Å²) in [5.74, 6) is -1.59. The Bertz CT molecular complexity index is 426. The molecule has 0 atom stereocenters. The standard InChI is InChI=1S/C8H4BrF3O2.Cl2OS/c9-4-1-2-5(7(13)14)6(3-4)8(10,11)12;1-4(2)3/h1-3H,(H,13,14);. The van der Waals surface area contributed by atoms with Crippen LogP contribution in [0.25, 0.3) is 0 Å². The van der Waals surface area contributed by atoms with Gasteiger partial charge in [0, 0.05) is 4.47 Å². The average molecular weight is 388 g/mol. The molecule has 0 aliphatic heterocycles. The predicted octanol–water partition coefficient (Wildman–Crippen LogP) is 4.21. The Morgan fingerprint density at radius 3 is 2.17 bits per heavy atom. The van der Waals surface area contributed by atoms with Crippen LogP contribution in [-0.4, -0.2) is 15.6 Å². The molecule has 1 N–H and O–H groups in total. The molecule has 0 aromatic heterocycles. The van der Waals surface area contributed by atoms with Crippen LogP contribution in [0.5, 0.6) is 0 Å². The van der Waals surface area contributed by atoms with Gasteiger partial charge >= 0.3 is 12.1 Å². The molecule has 1 aromatic rings. The second-order valence-corrected chi connectivity index (χ2v) is 6.12. The number of aromatic carboxylic acids is 1. The molecule has 10 heteroatoms. The Balaban J connectivity index is 0.000000631. The molecule has 0 amide bonds. The van der Waals surface area contributed by atoms with E-state index < -0.39 is 32.9 Å². The maximum atomic E-state index is 12.3. The van der Waals surface area contributed by atoms with Gasteiger partial charge in [0.2, 0.25) is 0 Å². The smallest absolute Gasteiger partial charge is 0.417 e. The van der Waals surface area contributed by atoms with E-state index in [1.165, 1.54) is 6.07 Å². The van der Waals surface area contributed by atoms with Crippen LogP contribution in [0.15, 0.2) is 22.7 Å². The lowest BCUT2D eigenvalue weighted by Gasteiger charge is -2.09. The van der Waals surface area contributed by atoms with E-state index in [0.29, 0.717) is 0 Å². The Morgan fingerprint density at radius 2 is 1.83 bits per heavy atom. The fraction of sp³-hybridized carbons (Fsp3) is 0.125. The van der Waals surface area contributed by atoms with Crippen molar-refractivity contribution in [1.82, 2.24) is 0 Å². The summed E-state index contributed by atoms with van der Waals surface area (Å²) in [7, 11) is 7.36. The van der Waals surface area contributed by atoms with Gasteiger partial charge in [0.1, 0.15) is 0 Å². The lowest BCUT2D eigenvalue weighted by atomic mass is 10.1. The largest absolute Gasteiger partial charge is 0.582 e. The van der Waals surface area contributed by atoms with Gasteiger partial charge in [-0.25, -0.2) is 4.79 Å². The molecule has 0 aliphatic carbocycles. The summed E-state index contributed by atoms with van der Waals surface area (Å²) in [6.07, 6.45) is -4.66. The summed E-state index contributed by atoms with van der Waals surface area (Å²) in [5.41, 5.74) is -1.90. The number of rotatable bonds is 1. The van der Waals surface area contributed by atoms with Gasteiger partial charge in [-0.05, 0) is 18.2 Å². The first-order chi connectivity index (χ1) is 8.05. The van der Waals surface area contributed by atoms with Gasteiger partial charge in [-0.15, -0.1) is 0 Å². The number of carbonyl (C=O) groups is 1. The highest BCUT2D eigenvalue weighted by Gasteiger charge is 2.35. The van der Waals surface area contributed by atoms with Gasteiger partial charge < -0.3 is 9.66 Å². The first-order valence-corrected chi connectivity index (χ1v) is 7.49. The first-order valence-electron chi connectivity index (χ1n) is 3.90. The lowest BCUT2D eigenvalue weighted by Crippen LogP contribution is -2.12. The second-order valence-electron chi connectivity index (χ2n) is 2.68. The van der Waals surface area contributed by atoms with Crippen LogP contribution >= 0.6 is 37.3 Å². The highest BCUT2D eigenvalue weighted by molar-refractivity contribution is 9.10. The van der Waals surface area contributed by atoms with Crippen LogP contribution < -0.4 is 0 Å². The van der Waals surface area contributed by atoms with Gasteiger partial charge in [-0.1, -0.05) is 15.9 Å². The Morgan fingerprint density at radius 1 is 1.39 bits per heavy atom. The quantitative estimate of drug-likeness (QED) is 0.734. The number of hydrogen-bond donors (Lipinski definition) is 1. The molecule has 0 fully saturated rings. The molecule has 0 unspecified atom stereocenters. The summed E-state index contributed by atoms with van der Waals surface area (Å²) in [4.78, 5) is 10.5. The Hall–Kier alpha value is -0.150. The number of carboxylic acids is 1. The van der Waals surface area contributed by atoms with Crippen LogP contribution in [0.1, 0.15) is 15.9 Å². The summed E-state index contributed by atoms with van der Waals surface area (Å²) >= 11 is 2.84. The maximum absolute atomic E-state index is 12.3. The molecule has 0 heterocycles. The third-order valence-electron chi connectivity index (χ3n) is 1.52. The van der Waals surface area contributed by atoms with Gasteiger partial charge in [0.05, 0.1) is 11.1 Å². The number of benzene rings is 1. The molecule has 0 saturated heterocycles. The van der Waals surface area contributed by atoms with E-state index in [9.17, 15) is 18.0 Å². The summed E-state index contributed by atoms with van der Waals surface area (Å²) in [6, 6.07) is 2.90. The van der Waals surface area contributed by atoms with Crippen molar-refractivity contribution in [3.8, 4) is 0 Å². The minimum Gasteiger partial charge on any atom is -0.582 e. The van der Waals surface area contributed by atoms with Crippen molar-refractivity contribution in [2.45, 2.75) is 6.18 Å². The zero-order valence-electron chi connectivity index (χ0n) is 8.17. The zero-order chi connectivity index (χ0) is 14.5. The molecule has 18 heavy (non-hydrogen) atoms. The summed E-state index contributed by atoms with van der Waals surface area (Å²) < 4.78 is 46.2. The van der Waals surface area contributed by atoms with Crippen LogP contribution in [0, 0.1) is 0 Å². The minimum absolute atomic E-state index is 0.190. The fourth-order valence-electron chi connectivity index (χ4n) is 0.937. The molecule has 1 rings (SSSR count). The maximum Gasteiger partial charge on any atom is 0.417 e. The molecule has 0 saturated carbocycles. The fourth-order valence-corrected chi connectivity index (χ4v) is 1.30. The van der Waals surface area contributed by atoms with Crippen LogP contribution in [0.2, 0.25) is 0 Å². The molecule has 0 bridgehead atoms. The molecular weight excluding hydrogens is 384 g/mol. The Labute approximate surface area is 120 Å². The highest BCUT2D eigenvalue weighted by atomic mass is 79.9. The van der Waals surface area contributed by atoms with Gasteiger partial charge in [0.25, 0.3) is 0 Å². The molecule has 1 aromatic carbocycles. The van der Waals surface area contributed by atoms with E-state index >= 15 is 0 Å². The van der Waals surface area contributed by atoms with E-state index in [2.05, 4.69) is 37.3 Å². The predicted molar refractivity (Wildman–Crippen MR) is 66.0 cm³/mol. The molecule has 0 radical (unpaired) electrons. The van der Waals surface area contributed by atoms with Crippen molar-refractivity contribution in [2.24, 2.45) is 0 Å². The number of hydrogen-bond acceptors (Lipinski definition) is 2. The van der Waals surface area contributed by atoms with Gasteiger partial charge in [-0.3, -0.25) is 0 Å². The first kappa shape index (κ1) is 17.8. The normalized spacial score (nSPS) is 10.9. The van der Waals surface area contributed by atoms with Crippen molar-refractivity contribution < 1.29 is 27.6 Å². The van der Waals surface area contributed by atoms with E-state index in [4.69, 9.17) is 9.66 Å². The highest BCUT2D eigenvalue weighted by Crippen LogP contribution is 2.33. The Kier molecular flexibility index (Phi) is 7.38. The van der Waals surface area contributed by atoms with Crippen molar-refractivity contribution in [3.63, 3.8) is 0 Å². The molecule has 0 aliphatic rings.